The molecule has 3 fully saturated rings. The van der Waals surface area contributed by atoms with Crippen LogP contribution in [0.4, 0.5) is 13.2 Å². The molecule has 1 amide bonds. The molecule has 4 N–H and O–H groups in total. The number of carbonyl (C=O) groups is 2. The van der Waals surface area contributed by atoms with Crippen LogP contribution in [0.5, 0.6) is 0 Å². The fraction of sp³-hybridized carbons (Fsp3) is 0.800. The Hall–Kier alpha value is -1.86. The molecule has 0 radical (unpaired) electrons. The van der Waals surface area contributed by atoms with Crippen molar-refractivity contribution in [3.8, 4) is 6.07 Å². The Morgan fingerprint density at radius 3 is 2.28 bits per heavy atom. The number of aliphatic carboxylic acids is 1. The number of carboxylic acid groups (broad SMARTS) is 1. The molecular weight excluding hydrogens is 343 g/mol. The Balaban J connectivity index is 0.000000277. The van der Waals surface area contributed by atoms with E-state index < -0.39 is 23.6 Å². The highest BCUT2D eigenvalue weighted by Crippen LogP contribution is 2.50. The van der Waals surface area contributed by atoms with Crippen LogP contribution in [0.25, 0.3) is 0 Å². The number of halogens is 3. The molecule has 4 atom stereocenters. The van der Waals surface area contributed by atoms with E-state index in [2.05, 4.69) is 6.07 Å². The van der Waals surface area contributed by atoms with Gasteiger partial charge in [0.25, 0.3) is 0 Å². The minimum Gasteiger partial charge on any atom is -0.475 e. The minimum absolute atomic E-state index is 0.0287. The molecule has 0 aromatic rings. The van der Waals surface area contributed by atoms with Gasteiger partial charge in [-0.25, -0.2) is 4.79 Å². The van der Waals surface area contributed by atoms with Crippen molar-refractivity contribution in [1.82, 2.24) is 4.90 Å². The van der Waals surface area contributed by atoms with Crippen LogP contribution in [-0.4, -0.2) is 57.9 Å². The van der Waals surface area contributed by atoms with E-state index in [9.17, 15) is 23.1 Å². The number of hydrogen-bond acceptors (Lipinski definition) is 5. The lowest BCUT2D eigenvalue weighted by molar-refractivity contribution is -0.192. The summed E-state index contributed by atoms with van der Waals surface area (Å²) in [6.45, 7) is -0.0287. The Morgan fingerprint density at radius 1 is 1.36 bits per heavy atom. The topological polar surface area (TPSA) is 128 Å². The summed E-state index contributed by atoms with van der Waals surface area (Å²) in [4.78, 5) is 23.1. The first-order valence-corrected chi connectivity index (χ1v) is 7.95. The zero-order valence-corrected chi connectivity index (χ0v) is 13.4. The molecule has 1 heterocycles. The van der Waals surface area contributed by atoms with E-state index in [-0.39, 0.29) is 24.6 Å². The van der Waals surface area contributed by atoms with Crippen LogP contribution in [0.15, 0.2) is 0 Å². The standard InChI is InChI=1S/C13H19N3O2.C2HF3O2/c14-6-9-4-8-5-10(8)16(9)12(18)11(15)13(7-17)2-1-3-13;3-2(4,5)1(6)7/h8-11,17H,1-5,7,15H2;(H,6,7)/t8-,9+,10+,11-;/m1./s1. The number of carbonyl (C=O) groups excluding carboxylic acids is 1. The number of hydrogen-bond donors (Lipinski definition) is 3. The molecule has 0 aromatic carbocycles. The number of nitrogens with two attached hydrogens (primary N) is 1. The van der Waals surface area contributed by atoms with Crippen LogP contribution in [0.2, 0.25) is 0 Å². The van der Waals surface area contributed by atoms with Gasteiger partial charge in [-0.2, -0.15) is 18.4 Å². The second-order valence-corrected chi connectivity index (χ2v) is 6.84. The van der Waals surface area contributed by atoms with Crippen LogP contribution in [0.1, 0.15) is 32.1 Å². The predicted octanol–water partition coefficient (Wildman–Crippen LogP) is 0.623. The second-order valence-electron chi connectivity index (χ2n) is 6.84. The first-order valence-electron chi connectivity index (χ1n) is 7.95. The molecule has 0 aromatic heterocycles. The summed E-state index contributed by atoms with van der Waals surface area (Å²) in [5.41, 5.74) is 5.66. The average Bonchev–Trinajstić information content (AvgIpc) is 3.16. The number of alkyl halides is 3. The van der Waals surface area contributed by atoms with E-state index in [4.69, 9.17) is 20.9 Å². The van der Waals surface area contributed by atoms with Gasteiger partial charge in [-0.3, -0.25) is 4.79 Å². The zero-order chi connectivity index (χ0) is 19.0. The maximum Gasteiger partial charge on any atom is 0.490 e. The maximum atomic E-state index is 12.5. The summed E-state index contributed by atoms with van der Waals surface area (Å²) in [7, 11) is 0. The van der Waals surface area contributed by atoms with E-state index in [1.807, 2.05) is 0 Å². The summed E-state index contributed by atoms with van der Waals surface area (Å²) in [6.07, 6.45) is -0.616. The fourth-order valence-electron chi connectivity index (χ4n) is 3.51. The molecule has 10 heteroatoms. The number of piperidine rings is 1. The molecule has 0 bridgehead atoms. The number of amides is 1. The SMILES string of the molecule is N#C[C@@H]1C[C@@H]2C[C@@H]2N1C(=O)[C@@H](N)C1(CO)CCC1.O=C(O)C(F)(F)F. The van der Waals surface area contributed by atoms with Crippen LogP contribution in [-0.2, 0) is 9.59 Å². The lowest BCUT2D eigenvalue weighted by atomic mass is 9.64. The van der Waals surface area contributed by atoms with Crippen LogP contribution >= 0.6 is 0 Å². The van der Waals surface area contributed by atoms with Crippen molar-refractivity contribution >= 4 is 11.9 Å². The lowest BCUT2D eigenvalue weighted by Crippen LogP contribution is -2.59. The zero-order valence-electron chi connectivity index (χ0n) is 13.4. The lowest BCUT2D eigenvalue weighted by Gasteiger charge is -2.45. The predicted molar refractivity (Wildman–Crippen MR) is 77.8 cm³/mol. The van der Waals surface area contributed by atoms with Crippen LogP contribution in [0, 0.1) is 22.7 Å². The molecule has 0 spiro atoms. The fourth-order valence-corrected chi connectivity index (χ4v) is 3.51. The van der Waals surface area contributed by atoms with Gasteiger partial charge in [0, 0.05) is 11.5 Å². The molecule has 1 saturated heterocycles. The first-order chi connectivity index (χ1) is 11.6. The summed E-state index contributed by atoms with van der Waals surface area (Å²) >= 11 is 0. The molecular formula is C15H20F3N3O4. The molecule has 3 rings (SSSR count). The van der Waals surface area contributed by atoms with Gasteiger partial charge < -0.3 is 20.8 Å². The van der Waals surface area contributed by atoms with E-state index in [1.54, 1.807) is 4.90 Å². The van der Waals surface area contributed by atoms with Crippen molar-refractivity contribution in [2.45, 2.75) is 56.4 Å². The number of nitrogens with zero attached hydrogens (tertiary/aromatic N) is 2. The Bertz CT molecular complexity index is 580. The van der Waals surface area contributed by atoms with Gasteiger partial charge in [-0.15, -0.1) is 0 Å². The van der Waals surface area contributed by atoms with Crippen molar-refractivity contribution in [2.75, 3.05) is 6.61 Å². The van der Waals surface area contributed by atoms with Gasteiger partial charge in [0.1, 0.15) is 6.04 Å². The van der Waals surface area contributed by atoms with Crippen LogP contribution in [0.3, 0.4) is 0 Å². The van der Waals surface area contributed by atoms with E-state index in [1.165, 1.54) is 0 Å². The van der Waals surface area contributed by atoms with Crippen molar-refractivity contribution in [3.05, 3.63) is 0 Å². The molecule has 3 aliphatic rings. The highest BCUT2D eigenvalue weighted by atomic mass is 19.4. The normalized spacial score (nSPS) is 30.1. The Morgan fingerprint density at radius 2 is 1.92 bits per heavy atom. The molecule has 25 heavy (non-hydrogen) atoms. The van der Waals surface area contributed by atoms with Gasteiger partial charge >= 0.3 is 12.1 Å². The molecule has 2 aliphatic carbocycles. The van der Waals surface area contributed by atoms with Gasteiger partial charge in [0.2, 0.25) is 5.91 Å². The van der Waals surface area contributed by atoms with Crippen molar-refractivity contribution in [1.29, 1.82) is 5.26 Å². The monoisotopic (exact) mass is 363 g/mol. The largest absolute Gasteiger partial charge is 0.490 e. The Labute approximate surface area is 142 Å². The third kappa shape index (κ3) is 3.72. The van der Waals surface area contributed by atoms with E-state index in [0.717, 1.165) is 32.1 Å². The third-order valence-corrected chi connectivity index (χ3v) is 5.34. The molecule has 2 saturated carbocycles. The maximum absolute atomic E-state index is 12.5. The number of rotatable bonds is 3. The van der Waals surface area contributed by atoms with Gasteiger partial charge in [-0.1, -0.05) is 6.42 Å². The van der Waals surface area contributed by atoms with Gasteiger partial charge in [0.05, 0.1) is 18.7 Å². The van der Waals surface area contributed by atoms with E-state index in [0.29, 0.717) is 5.92 Å². The van der Waals surface area contributed by atoms with Crippen molar-refractivity contribution < 1.29 is 33.0 Å². The van der Waals surface area contributed by atoms with Gasteiger partial charge in [-0.05, 0) is 31.6 Å². The molecule has 1 aliphatic heterocycles. The number of aliphatic hydroxyl groups is 1. The Kier molecular flexibility index (Phi) is 5.30. The molecule has 7 nitrogen and oxygen atoms in total. The summed E-state index contributed by atoms with van der Waals surface area (Å²) in [5.74, 6) is -2.37. The van der Waals surface area contributed by atoms with Crippen LogP contribution < -0.4 is 5.73 Å². The second kappa shape index (κ2) is 6.80. The number of aliphatic hydroxyl groups excluding tert-OH is 1. The number of likely N-dealkylation sites (tertiary alicyclic amines) is 1. The van der Waals surface area contributed by atoms with Crippen molar-refractivity contribution in [2.24, 2.45) is 17.1 Å². The highest BCUT2D eigenvalue weighted by Gasteiger charge is 2.57. The third-order valence-electron chi connectivity index (χ3n) is 5.34. The van der Waals surface area contributed by atoms with Gasteiger partial charge in [0.15, 0.2) is 0 Å². The molecule has 140 valence electrons. The molecule has 0 unspecified atom stereocenters. The number of nitriles is 1. The highest BCUT2D eigenvalue weighted by molar-refractivity contribution is 5.84. The average molecular weight is 363 g/mol. The quantitative estimate of drug-likeness (QED) is 0.674. The van der Waals surface area contributed by atoms with Crippen molar-refractivity contribution in [3.63, 3.8) is 0 Å². The first kappa shape index (κ1) is 19.5. The minimum atomic E-state index is -5.08. The number of carboxylic acids is 1. The summed E-state index contributed by atoms with van der Waals surface area (Å²) in [6, 6.07) is 1.49. The number of fused-ring (bicyclic) bond motifs is 1. The smallest absolute Gasteiger partial charge is 0.475 e. The summed E-state index contributed by atoms with van der Waals surface area (Å²) in [5, 5.41) is 25.7. The summed E-state index contributed by atoms with van der Waals surface area (Å²) < 4.78 is 31.7. The van der Waals surface area contributed by atoms with E-state index >= 15 is 0 Å².